The number of rotatable bonds is 3. The van der Waals surface area contributed by atoms with Crippen molar-refractivity contribution >= 4 is 11.6 Å². The summed E-state index contributed by atoms with van der Waals surface area (Å²) in [5.41, 5.74) is 1.09. The van der Waals surface area contributed by atoms with Crippen LogP contribution in [0.5, 0.6) is 0 Å². The topological polar surface area (TPSA) is 30.9 Å². The normalized spacial score (nSPS) is 16.4. The molecule has 0 spiro atoms. The average Bonchev–Trinajstić information content (AvgIpc) is 2.49. The summed E-state index contributed by atoms with van der Waals surface area (Å²) in [6.07, 6.45) is 1.09. The molecule has 1 aliphatic rings. The van der Waals surface area contributed by atoms with Crippen LogP contribution in [0.2, 0.25) is 0 Å². The number of hydrogen-bond donors (Lipinski definition) is 1. The Labute approximate surface area is 120 Å². The van der Waals surface area contributed by atoms with Crippen molar-refractivity contribution in [2.75, 3.05) is 44.7 Å². The van der Waals surface area contributed by atoms with Crippen LogP contribution in [0.15, 0.2) is 29.3 Å². The Morgan fingerprint density at radius 1 is 1.20 bits per heavy atom. The predicted molar refractivity (Wildman–Crippen MR) is 81.8 cm³/mol. The summed E-state index contributed by atoms with van der Waals surface area (Å²) in [5.74, 6) is 0.794. The smallest absolute Gasteiger partial charge is 0.193 e. The second kappa shape index (κ2) is 7.12. The highest BCUT2D eigenvalue weighted by atomic mass is 19.1. The number of nitrogens with one attached hydrogen (secondary N) is 1. The largest absolute Gasteiger partial charge is 0.368 e. The van der Waals surface area contributed by atoms with Gasteiger partial charge in [0.25, 0.3) is 0 Å². The van der Waals surface area contributed by atoms with Crippen molar-refractivity contribution in [1.29, 1.82) is 0 Å². The first kappa shape index (κ1) is 14.6. The van der Waals surface area contributed by atoms with Crippen molar-refractivity contribution in [3.63, 3.8) is 0 Å². The molecule has 0 aromatic heterocycles. The Balaban J connectivity index is 1.90. The second-order valence-electron chi connectivity index (χ2n) is 4.92. The van der Waals surface area contributed by atoms with Gasteiger partial charge in [0, 0.05) is 45.5 Å². The van der Waals surface area contributed by atoms with Gasteiger partial charge in [-0.25, -0.2) is 4.39 Å². The Morgan fingerprint density at radius 2 is 1.85 bits per heavy atom. The third kappa shape index (κ3) is 3.62. The highest BCUT2D eigenvalue weighted by molar-refractivity contribution is 5.80. The lowest BCUT2D eigenvalue weighted by Crippen LogP contribution is -2.52. The van der Waals surface area contributed by atoms with Crippen LogP contribution in [0.1, 0.15) is 13.3 Å². The fraction of sp³-hybridized carbons (Fsp3) is 0.533. The Kier molecular flexibility index (Phi) is 5.21. The van der Waals surface area contributed by atoms with Crippen molar-refractivity contribution in [3.05, 3.63) is 30.1 Å². The number of piperazine rings is 1. The monoisotopic (exact) mass is 278 g/mol. The zero-order valence-electron chi connectivity index (χ0n) is 12.3. The van der Waals surface area contributed by atoms with Gasteiger partial charge in [0.2, 0.25) is 0 Å². The first-order valence-electron chi connectivity index (χ1n) is 7.20. The molecule has 1 N–H and O–H groups in total. The number of nitrogens with zero attached hydrogens (tertiary/aromatic N) is 3. The first-order valence-corrected chi connectivity index (χ1v) is 7.20. The van der Waals surface area contributed by atoms with Gasteiger partial charge in [-0.15, -0.1) is 0 Å². The molecule has 1 fully saturated rings. The standard InChI is InChI=1S/C15H23FN4/c1-3-8-18-15(17-2)20-11-9-19(10-12-20)14-6-4-13(16)5-7-14/h4-7H,3,8-12H2,1-2H3,(H,17,18). The minimum absolute atomic E-state index is 0.184. The van der Waals surface area contributed by atoms with Crippen LogP contribution in [0.3, 0.4) is 0 Å². The predicted octanol–water partition coefficient (Wildman–Crippen LogP) is 1.93. The lowest BCUT2D eigenvalue weighted by molar-refractivity contribution is 0.372. The molecule has 110 valence electrons. The van der Waals surface area contributed by atoms with Crippen LogP contribution in [0.4, 0.5) is 10.1 Å². The zero-order chi connectivity index (χ0) is 14.4. The minimum Gasteiger partial charge on any atom is -0.368 e. The molecule has 1 aromatic carbocycles. The van der Waals surface area contributed by atoms with E-state index in [1.165, 1.54) is 12.1 Å². The van der Waals surface area contributed by atoms with Gasteiger partial charge in [-0.3, -0.25) is 4.99 Å². The van der Waals surface area contributed by atoms with E-state index in [-0.39, 0.29) is 5.82 Å². The van der Waals surface area contributed by atoms with Gasteiger partial charge < -0.3 is 15.1 Å². The highest BCUT2D eigenvalue weighted by Crippen LogP contribution is 2.16. The molecular weight excluding hydrogens is 255 g/mol. The third-order valence-corrected chi connectivity index (χ3v) is 3.52. The molecule has 20 heavy (non-hydrogen) atoms. The maximum atomic E-state index is 12.9. The number of aliphatic imine (C=N–C) groups is 1. The molecule has 1 saturated heterocycles. The molecule has 1 heterocycles. The van der Waals surface area contributed by atoms with E-state index < -0.39 is 0 Å². The van der Waals surface area contributed by atoms with E-state index >= 15 is 0 Å². The number of benzene rings is 1. The van der Waals surface area contributed by atoms with Crippen molar-refractivity contribution < 1.29 is 4.39 Å². The molecule has 0 radical (unpaired) electrons. The molecule has 2 rings (SSSR count). The van der Waals surface area contributed by atoms with Crippen LogP contribution < -0.4 is 10.2 Å². The molecule has 0 aliphatic carbocycles. The fourth-order valence-electron chi connectivity index (χ4n) is 2.40. The van der Waals surface area contributed by atoms with E-state index in [1.54, 1.807) is 0 Å². The van der Waals surface area contributed by atoms with E-state index in [0.29, 0.717) is 0 Å². The molecule has 0 saturated carbocycles. The summed E-state index contributed by atoms with van der Waals surface area (Å²) < 4.78 is 12.9. The molecule has 4 nitrogen and oxygen atoms in total. The van der Waals surface area contributed by atoms with Gasteiger partial charge in [-0.05, 0) is 30.7 Å². The average molecular weight is 278 g/mol. The van der Waals surface area contributed by atoms with Crippen molar-refractivity contribution in [1.82, 2.24) is 10.2 Å². The molecular formula is C15H23FN4. The van der Waals surface area contributed by atoms with Crippen LogP contribution in [0, 0.1) is 5.82 Å². The SMILES string of the molecule is CCCNC(=NC)N1CCN(c2ccc(F)cc2)CC1. The summed E-state index contributed by atoms with van der Waals surface area (Å²) in [6.45, 7) is 6.82. The summed E-state index contributed by atoms with van der Waals surface area (Å²) in [5, 5.41) is 3.36. The zero-order valence-corrected chi connectivity index (χ0v) is 12.3. The number of guanidine groups is 1. The van der Waals surface area contributed by atoms with Crippen molar-refractivity contribution in [2.24, 2.45) is 4.99 Å². The molecule has 1 aliphatic heterocycles. The van der Waals surface area contributed by atoms with Crippen LogP contribution >= 0.6 is 0 Å². The number of halogens is 1. The third-order valence-electron chi connectivity index (χ3n) is 3.52. The fourth-order valence-corrected chi connectivity index (χ4v) is 2.40. The lowest BCUT2D eigenvalue weighted by atomic mass is 10.2. The van der Waals surface area contributed by atoms with Crippen molar-refractivity contribution in [2.45, 2.75) is 13.3 Å². The van der Waals surface area contributed by atoms with E-state index in [9.17, 15) is 4.39 Å². The lowest BCUT2D eigenvalue weighted by Gasteiger charge is -2.37. The van der Waals surface area contributed by atoms with Crippen molar-refractivity contribution in [3.8, 4) is 0 Å². The van der Waals surface area contributed by atoms with Gasteiger partial charge in [0.1, 0.15) is 5.82 Å². The number of hydrogen-bond acceptors (Lipinski definition) is 2. The molecule has 0 atom stereocenters. The van der Waals surface area contributed by atoms with Gasteiger partial charge in [-0.2, -0.15) is 0 Å². The molecule has 0 unspecified atom stereocenters. The summed E-state index contributed by atoms with van der Waals surface area (Å²) in [7, 11) is 1.82. The van der Waals surface area contributed by atoms with E-state index in [1.807, 2.05) is 19.2 Å². The Morgan fingerprint density at radius 3 is 2.40 bits per heavy atom. The highest BCUT2D eigenvalue weighted by Gasteiger charge is 2.19. The van der Waals surface area contributed by atoms with E-state index in [0.717, 1.165) is 50.8 Å². The molecule has 1 aromatic rings. The van der Waals surface area contributed by atoms with Gasteiger partial charge in [0.15, 0.2) is 5.96 Å². The van der Waals surface area contributed by atoms with E-state index in [4.69, 9.17) is 0 Å². The minimum atomic E-state index is -0.184. The molecule has 0 bridgehead atoms. The number of anilines is 1. The summed E-state index contributed by atoms with van der Waals surface area (Å²) >= 11 is 0. The Hall–Kier alpha value is -1.78. The van der Waals surface area contributed by atoms with E-state index in [2.05, 4.69) is 27.0 Å². The Bertz CT molecular complexity index is 436. The van der Waals surface area contributed by atoms with Gasteiger partial charge in [0.05, 0.1) is 0 Å². The van der Waals surface area contributed by atoms with Crippen LogP contribution in [0.25, 0.3) is 0 Å². The quantitative estimate of drug-likeness (QED) is 0.677. The van der Waals surface area contributed by atoms with Gasteiger partial charge >= 0.3 is 0 Å². The van der Waals surface area contributed by atoms with Gasteiger partial charge in [-0.1, -0.05) is 6.92 Å². The molecule has 0 amide bonds. The summed E-state index contributed by atoms with van der Waals surface area (Å²) in [4.78, 5) is 8.88. The van der Waals surface area contributed by atoms with Crippen LogP contribution in [-0.2, 0) is 0 Å². The van der Waals surface area contributed by atoms with Crippen LogP contribution in [-0.4, -0.2) is 50.6 Å². The first-order chi connectivity index (χ1) is 9.74. The second-order valence-corrected chi connectivity index (χ2v) is 4.92. The maximum Gasteiger partial charge on any atom is 0.193 e. The maximum absolute atomic E-state index is 12.9. The molecule has 5 heteroatoms. The summed E-state index contributed by atoms with van der Waals surface area (Å²) in [6, 6.07) is 6.72.